The third-order valence-electron chi connectivity index (χ3n) is 2.85. The van der Waals surface area contributed by atoms with Crippen molar-refractivity contribution in [3.63, 3.8) is 0 Å². The number of nitrogens with two attached hydrogens (primary N) is 1. The second kappa shape index (κ2) is 6.04. The Bertz CT molecular complexity index is 665. The minimum Gasteiger partial charge on any atom is -0.497 e. The number of ether oxygens (including phenoxy) is 1. The van der Waals surface area contributed by atoms with Gasteiger partial charge in [0.05, 0.1) is 7.11 Å². The molecule has 2 aromatic rings. The second-order valence-corrected chi connectivity index (χ2v) is 5.67. The summed E-state index contributed by atoms with van der Waals surface area (Å²) in [5, 5.41) is 4.88. The summed E-state index contributed by atoms with van der Waals surface area (Å²) in [4.78, 5) is 0. The van der Waals surface area contributed by atoms with Crippen LogP contribution in [0.25, 0.3) is 11.1 Å². The summed E-state index contributed by atoms with van der Waals surface area (Å²) in [6.07, 6.45) is 0. The van der Waals surface area contributed by atoms with Crippen LogP contribution in [0.4, 0.5) is 0 Å². The van der Waals surface area contributed by atoms with Gasteiger partial charge >= 0.3 is 0 Å². The van der Waals surface area contributed by atoms with Gasteiger partial charge in [-0.2, -0.15) is 13.1 Å². The number of methoxy groups -OCH3 is 1. The molecule has 106 valence electrons. The molecule has 0 unspecified atom stereocenters. The van der Waals surface area contributed by atoms with Crippen LogP contribution in [0.1, 0.15) is 5.56 Å². The van der Waals surface area contributed by atoms with E-state index in [1.807, 2.05) is 48.5 Å². The Hall–Kier alpha value is -1.89. The van der Waals surface area contributed by atoms with Gasteiger partial charge in [-0.3, -0.25) is 0 Å². The molecule has 0 heterocycles. The smallest absolute Gasteiger partial charge is 0.274 e. The number of rotatable bonds is 5. The van der Waals surface area contributed by atoms with Crippen LogP contribution in [0.15, 0.2) is 48.5 Å². The highest BCUT2D eigenvalue weighted by Crippen LogP contribution is 2.22. The van der Waals surface area contributed by atoms with E-state index in [2.05, 4.69) is 4.72 Å². The van der Waals surface area contributed by atoms with Crippen molar-refractivity contribution in [3.8, 4) is 16.9 Å². The molecule has 0 radical (unpaired) electrons. The molecule has 0 aliphatic rings. The number of hydrogen-bond acceptors (Lipinski definition) is 3. The average Bonchev–Trinajstić information content (AvgIpc) is 2.45. The lowest BCUT2D eigenvalue weighted by Gasteiger charge is -2.06. The van der Waals surface area contributed by atoms with E-state index < -0.39 is 10.2 Å². The first-order valence-electron chi connectivity index (χ1n) is 5.99. The van der Waals surface area contributed by atoms with E-state index in [1.165, 1.54) is 0 Å². The molecule has 0 atom stereocenters. The Morgan fingerprint density at radius 3 is 1.95 bits per heavy atom. The monoisotopic (exact) mass is 292 g/mol. The standard InChI is InChI=1S/C14H16N2O3S/c1-19-14-8-6-13(7-9-14)12-4-2-11(3-5-12)10-16-20(15,17)18/h2-9,16H,10H2,1H3,(H2,15,17,18). The van der Waals surface area contributed by atoms with Gasteiger partial charge in [0.25, 0.3) is 10.2 Å². The van der Waals surface area contributed by atoms with Crippen LogP contribution in [0, 0.1) is 0 Å². The lowest BCUT2D eigenvalue weighted by molar-refractivity contribution is 0.415. The molecule has 0 saturated carbocycles. The predicted octanol–water partition coefficient (Wildman–Crippen LogP) is 1.66. The van der Waals surface area contributed by atoms with Gasteiger partial charge in [0.1, 0.15) is 5.75 Å². The normalized spacial score (nSPS) is 11.3. The van der Waals surface area contributed by atoms with Crippen LogP contribution in [0.5, 0.6) is 5.75 Å². The summed E-state index contributed by atoms with van der Waals surface area (Å²) in [5.41, 5.74) is 2.96. The van der Waals surface area contributed by atoms with Gasteiger partial charge in [0.15, 0.2) is 0 Å². The highest BCUT2D eigenvalue weighted by atomic mass is 32.2. The minimum absolute atomic E-state index is 0.182. The Morgan fingerprint density at radius 1 is 1.00 bits per heavy atom. The van der Waals surface area contributed by atoms with Crippen LogP contribution in [0.3, 0.4) is 0 Å². The maximum absolute atomic E-state index is 10.8. The molecule has 20 heavy (non-hydrogen) atoms. The maximum Gasteiger partial charge on any atom is 0.274 e. The Labute approximate surface area is 118 Å². The van der Waals surface area contributed by atoms with Crippen LogP contribution >= 0.6 is 0 Å². The molecule has 0 aromatic heterocycles. The van der Waals surface area contributed by atoms with E-state index in [4.69, 9.17) is 9.88 Å². The van der Waals surface area contributed by atoms with E-state index in [-0.39, 0.29) is 6.54 Å². The summed E-state index contributed by atoms with van der Waals surface area (Å²) in [6.45, 7) is 0.182. The fourth-order valence-corrected chi connectivity index (χ4v) is 2.15. The van der Waals surface area contributed by atoms with Crippen molar-refractivity contribution in [2.45, 2.75) is 6.54 Å². The van der Waals surface area contributed by atoms with Crippen LogP contribution in [0.2, 0.25) is 0 Å². The number of nitrogens with one attached hydrogen (secondary N) is 1. The summed E-state index contributed by atoms with van der Waals surface area (Å²) < 4.78 is 29.0. The zero-order valence-corrected chi connectivity index (χ0v) is 11.9. The first-order valence-corrected chi connectivity index (χ1v) is 7.53. The largest absolute Gasteiger partial charge is 0.497 e. The molecule has 6 heteroatoms. The van der Waals surface area contributed by atoms with Crippen molar-refractivity contribution in [3.05, 3.63) is 54.1 Å². The lowest BCUT2D eigenvalue weighted by Crippen LogP contribution is -2.30. The fourth-order valence-electron chi connectivity index (χ4n) is 1.78. The SMILES string of the molecule is COc1ccc(-c2ccc(CNS(N)(=O)=O)cc2)cc1. The second-order valence-electron chi connectivity index (χ2n) is 4.29. The van der Waals surface area contributed by atoms with Gasteiger partial charge in [-0.1, -0.05) is 36.4 Å². The third-order valence-corrected chi connectivity index (χ3v) is 3.40. The molecule has 0 fully saturated rings. The molecule has 0 bridgehead atoms. The van der Waals surface area contributed by atoms with E-state index >= 15 is 0 Å². The van der Waals surface area contributed by atoms with Gasteiger partial charge in [-0.25, -0.2) is 5.14 Å². The molecule has 0 saturated heterocycles. The van der Waals surface area contributed by atoms with Crippen LogP contribution in [-0.4, -0.2) is 15.5 Å². The van der Waals surface area contributed by atoms with Crippen molar-refractivity contribution < 1.29 is 13.2 Å². The Morgan fingerprint density at radius 2 is 1.50 bits per heavy atom. The molecule has 5 nitrogen and oxygen atoms in total. The van der Waals surface area contributed by atoms with Crippen LogP contribution in [-0.2, 0) is 16.8 Å². The zero-order chi connectivity index (χ0) is 14.6. The highest BCUT2D eigenvalue weighted by Gasteiger charge is 2.02. The highest BCUT2D eigenvalue weighted by molar-refractivity contribution is 7.87. The lowest BCUT2D eigenvalue weighted by atomic mass is 10.0. The first-order chi connectivity index (χ1) is 9.48. The van der Waals surface area contributed by atoms with Crippen molar-refractivity contribution in [2.24, 2.45) is 5.14 Å². The molecular formula is C14H16N2O3S. The fraction of sp³-hybridized carbons (Fsp3) is 0.143. The quantitative estimate of drug-likeness (QED) is 0.879. The van der Waals surface area contributed by atoms with Gasteiger partial charge in [-0.15, -0.1) is 0 Å². The molecule has 2 rings (SSSR count). The predicted molar refractivity (Wildman–Crippen MR) is 78.4 cm³/mol. The first kappa shape index (κ1) is 14.5. The van der Waals surface area contributed by atoms with Gasteiger partial charge < -0.3 is 4.74 Å². The summed E-state index contributed by atoms with van der Waals surface area (Å²) >= 11 is 0. The van der Waals surface area contributed by atoms with Gasteiger partial charge in [0.2, 0.25) is 0 Å². The Kier molecular flexibility index (Phi) is 4.39. The van der Waals surface area contributed by atoms with E-state index in [0.717, 1.165) is 22.4 Å². The average molecular weight is 292 g/mol. The van der Waals surface area contributed by atoms with Crippen molar-refractivity contribution >= 4 is 10.2 Å². The topological polar surface area (TPSA) is 81.4 Å². The van der Waals surface area contributed by atoms with Gasteiger partial charge in [-0.05, 0) is 28.8 Å². The molecule has 0 spiro atoms. The Balaban J connectivity index is 2.10. The van der Waals surface area contributed by atoms with E-state index in [9.17, 15) is 8.42 Å². The van der Waals surface area contributed by atoms with Crippen molar-refractivity contribution in [2.75, 3.05) is 7.11 Å². The summed E-state index contributed by atoms with van der Waals surface area (Å²) in [7, 11) is -2.03. The molecule has 0 aliphatic heterocycles. The number of hydrogen-bond donors (Lipinski definition) is 2. The molecular weight excluding hydrogens is 276 g/mol. The van der Waals surface area contributed by atoms with Crippen molar-refractivity contribution in [1.29, 1.82) is 0 Å². The van der Waals surface area contributed by atoms with Crippen LogP contribution < -0.4 is 14.6 Å². The zero-order valence-electron chi connectivity index (χ0n) is 11.0. The molecule has 2 aromatic carbocycles. The summed E-state index contributed by atoms with van der Waals surface area (Å²) in [5.74, 6) is 0.808. The van der Waals surface area contributed by atoms with E-state index in [1.54, 1.807) is 7.11 Å². The summed E-state index contributed by atoms with van der Waals surface area (Å²) in [6, 6.07) is 15.3. The molecule has 0 aliphatic carbocycles. The van der Waals surface area contributed by atoms with Gasteiger partial charge in [0, 0.05) is 6.54 Å². The minimum atomic E-state index is -3.66. The van der Waals surface area contributed by atoms with Crippen molar-refractivity contribution in [1.82, 2.24) is 4.72 Å². The maximum atomic E-state index is 10.8. The number of benzene rings is 2. The third kappa shape index (κ3) is 4.06. The molecule has 0 amide bonds. The van der Waals surface area contributed by atoms with E-state index in [0.29, 0.717) is 0 Å². The molecule has 3 N–H and O–H groups in total.